The van der Waals surface area contributed by atoms with Crippen LogP contribution in [0.5, 0.6) is 5.75 Å². The van der Waals surface area contributed by atoms with Gasteiger partial charge in [0.05, 0.1) is 5.70 Å². The number of benzene rings is 2. The highest BCUT2D eigenvalue weighted by Crippen LogP contribution is 2.24. The van der Waals surface area contributed by atoms with E-state index in [-0.39, 0.29) is 0 Å². The third-order valence-corrected chi connectivity index (χ3v) is 3.73. The molecule has 1 aromatic heterocycles. The van der Waals surface area contributed by atoms with E-state index in [9.17, 15) is 0 Å². The first-order chi connectivity index (χ1) is 10.7. The van der Waals surface area contributed by atoms with Crippen LogP contribution in [0.1, 0.15) is 13.8 Å². The maximum Gasteiger partial charge on any atom is 0.127 e. The molecule has 0 saturated carbocycles. The van der Waals surface area contributed by atoms with E-state index in [1.165, 1.54) is 11.1 Å². The third-order valence-electron chi connectivity index (χ3n) is 3.73. The first-order valence-corrected chi connectivity index (χ1v) is 7.38. The summed E-state index contributed by atoms with van der Waals surface area (Å²) in [6.07, 6.45) is 4.03. The fraction of sp³-hybridized carbons (Fsp3) is 0.100. The maximum atomic E-state index is 5.95. The van der Waals surface area contributed by atoms with E-state index >= 15 is 0 Å². The van der Waals surface area contributed by atoms with Gasteiger partial charge in [0.15, 0.2) is 0 Å². The summed E-state index contributed by atoms with van der Waals surface area (Å²) in [4.78, 5) is 0. The molecule has 0 radical (unpaired) electrons. The van der Waals surface area contributed by atoms with Gasteiger partial charge in [0.2, 0.25) is 0 Å². The van der Waals surface area contributed by atoms with E-state index in [1.807, 2.05) is 73.3 Å². The molecular formula is C20H19NO. The van der Waals surface area contributed by atoms with Crippen molar-refractivity contribution in [2.24, 2.45) is 0 Å². The Labute approximate surface area is 131 Å². The fourth-order valence-corrected chi connectivity index (χ4v) is 2.34. The lowest BCUT2D eigenvalue weighted by molar-refractivity contribution is 0.427. The van der Waals surface area contributed by atoms with Crippen LogP contribution in [0.15, 0.2) is 84.9 Å². The molecule has 0 aliphatic heterocycles. The van der Waals surface area contributed by atoms with Gasteiger partial charge in [-0.3, -0.25) is 0 Å². The summed E-state index contributed by atoms with van der Waals surface area (Å²) in [6, 6.07) is 22.5. The molecule has 2 heteroatoms. The summed E-state index contributed by atoms with van der Waals surface area (Å²) in [5.41, 5.74) is 3.48. The summed E-state index contributed by atoms with van der Waals surface area (Å²) in [5.74, 6) is 1.74. The first kappa shape index (κ1) is 14.2. The summed E-state index contributed by atoms with van der Waals surface area (Å²) < 4.78 is 8.00. The van der Waals surface area contributed by atoms with Crippen molar-refractivity contribution >= 4 is 5.70 Å². The Balaban J connectivity index is 1.78. The van der Waals surface area contributed by atoms with Crippen LogP contribution in [-0.2, 0) is 0 Å². The monoisotopic (exact) mass is 289 g/mol. The van der Waals surface area contributed by atoms with Gasteiger partial charge >= 0.3 is 0 Å². The molecule has 22 heavy (non-hydrogen) atoms. The molecule has 2 nitrogen and oxygen atoms in total. The summed E-state index contributed by atoms with van der Waals surface area (Å²) in [7, 11) is 0. The Hall–Kier alpha value is -2.74. The van der Waals surface area contributed by atoms with Gasteiger partial charge in [-0.2, -0.15) is 0 Å². The maximum absolute atomic E-state index is 5.95. The second-order valence-corrected chi connectivity index (χ2v) is 5.22. The second kappa shape index (κ2) is 6.35. The molecule has 110 valence electrons. The number of hydrogen-bond donors (Lipinski definition) is 0. The van der Waals surface area contributed by atoms with Crippen molar-refractivity contribution in [3.8, 4) is 16.9 Å². The molecular weight excluding hydrogens is 270 g/mol. The van der Waals surface area contributed by atoms with Crippen molar-refractivity contribution in [3.05, 3.63) is 84.9 Å². The number of allylic oxidation sites excluding steroid dienone is 2. The van der Waals surface area contributed by atoms with Crippen molar-refractivity contribution < 1.29 is 4.74 Å². The lowest BCUT2D eigenvalue weighted by atomic mass is 10.1. The van der Waals surface area contributed by atoms with E-state index in [1.54, 1.807) is 0 Å². The highest BCUT2D eigenvalue weighted by molar-refractivity contribution is 5.64. The Morgan fingerprint density at radius 3 is 1.95 bits per heavy atom. The quantitative estimate of drug-likeness (QED) is 0.583. The van der Waals surface area contributed by atoms with Crippen molar-refractivity contribution in [2.75, 3.05) is 0 Å². The van der Waals surface area contributed by atoms with Crippen molar-refractivity contribution in [1.82, 2.24) is 4.57 Å². The van der Waals surface area contributed by atoms with Crippen LogP contribution >= 0.6 is 0 Å². The van der Waals surface area contributed by atoms with Crippen LogP contribution in [0, 0.1) is 0 Å². The van der Waals surface area contributed by atoms with Gasteiger partial charge < -0.3 is 9.30 Å². The first-order valence-electron chi connectivity index (χ1n) is 7.38. The molecule has 0 unspecified atom stereocenters. The van der Waals surface area contributed by atoms with Crippen LogP contribution in [0.2, 0.25) is 0 Å². The minimum atomic E-state index is 0.851. The summed E-state index contributed by atoms with van der Waals surface area (Å²) in [6.45, 7) is 4.04. The Bertz CT molecular complexity index is 753. The molecule has 2 aromatic carbocycles. The Kier molecular flexibility index (Phi) is 4.10. The van der Waals surface area contributed by atoms with Crippen molar-refractivity contribution in [2.45, 2.75) is 13.8 Å². The number of ether oxygens (including phenoxy) is 1. The predicted octanol–water partition coefficient (Wildman–Crippen LogP) is 5.44. The number of hydrogen-bond acceptors (Lipinski definition) is 1. The van der Waals surface area contributed by atoms with Gasteiger partial charge in [0, 0.05) is 12.4 Å². The highest BCUT2D eigenvalue weighted by Gasteiger charge is 2.03. The highest BCUT2D eigenvalue weighted by atomic mass is 16.5. The molecule has 0 bridgehead atoms. The zero-order chi connectivity index (χ0) is 15.4. The average molecular weight is 289 g/mol. The van der Waals surface area contributed by atoms with E-state index in [4.69, 9.17) is 4.74 Å². The van der Waals surface area contributed by atoms with Gasteiger partial charge in [-0.25, -0.2) is 0 Å². The topological polar surface area (TPSA) is 14.2 Å². The molecule has 0 amide bonds. The van der Waals surface area contributed by atoms with Gasteiger partial charge in [0.25, 0.3) is 0 Å². The number of rotatable bonds is 4. The van der Waals surface area contributed by atoms with Crippen LogP contribution in [0.25, 0.3) is 16.8 Å². The van der Waals surface area contributed by atoms with Crippen LogP contribution in [0.4, 0.5) is 0 Å². The molecule has 0 spiro atoms. The molecule has 0 aliphatic rings. The zero-order valence-corrected chi connectivity index (χ0v) is 12.9. The van der Waals surface area contributed by atoms with E-state index in [0.717, 1.165) is 17.2 Å². The Morgan fingerprint density at radius 2 is 1.32 bits per heavy atom. The third kappa shape index (κ3) is 3.12. The van der Waals surface area contributed by atoms with Gasteiger partial charge in [-0.15, -0.1) is 0 Å². The summed E-state index contributed by atoms with van der Waals surface area (Å²) in [5, 5.41) is 0. The lowest BCUT2D eigenvalue weighted by Crippen LogP contribution is -1.99. The number of aromatic nitrogens is 1. The predicted molar refractivity (Wildman–Crippen MR) is 91.5 cm³/mol. The van der Waals surface area contributed by atoms with E-state index in [0.29, 0.717) is 0 Å². The smallest absolute Gasteiger partial charge is 0.127 e. The minimum Gasteiger partial charge on any atom is -0.460 e. The van der Waals surface area contributed by atoms with Crippen LogP contribution < -0.4 is 4.74 Å². The minimum absolute atomic E-state index is 0.851. The zero-order valence-electron chi connectivity index (χ0n) is 12.9. The van der Waals surface area contributed by atoms with E-state index < -0.39 is 0 Å². The van der Waals surface area contributed by atoms with Gasteiger partial charge in [-0.05, 0) is 49.2 Å². The summed E-state index contributed by atoms with van der Waals surface area (Å²) >= 11 is 0. The van der Waals surface area contributed by atoms with Crippen molar-refractivity contribution in [1.29, 1.82) is 0 Å². The molecule has 0 aliphatic carbocycles. The van der Waals surface area contributed by atoms with E-state index in [2.05, 4.69) is 24.3 Å². The lowest BCUT2D eigenvalue weighted by Gasteiger charge is -2.11. The number of nitrogens with zero attached hydrogens (tertiary/aromatic N) is 1. The van der Waals surface area contributed by atoms with Gasteiger partial charge in [0.1, 0.15) is 11.5 Å². The average Bonchev–Trinajstić information content (AvgIpc) is 3.10. The molecule has 0 fully saturated rings. The fourth-order valence-electron chi connectivity index (χ4n) is 2.34. The normalized spacial score (nSPS) is 11.9. The standard InChI is InChI=1S/C20H19NO/c1-16(21-14-6-7-15-21)17(2)22-20-12-10-19(11-13-20)18-8-4-3-5-9-18/h3-15H,1-2H3/b17-16+. The molecule has 0 atom stereocenters. The second-order valence-electron chi connectivity index (χ2n) is 5.22. The Morgan fingerprint density at radius 1 is 0.727 bits per heavy atom. The van der Waals surface area contributed by atoms with Crippen LogP contribution in [0.3, 0.4) is 0 Å². The molecule has 3 aromatic rings. The largest absolute Gasteiger partial charge is 0.460 e. The van der Waals surface area contributed by atoms with Crippen molar-refractivity contribution in [3.63, 3.8) is 0 Å². The molecule has 0 N–H and O–H groups in total. The molecule has 3 rings (SSSR count). The molecule has 0 saturated heterocycles. The molecule has 1 heterocycles. The SMILES string of the molecule is C/C(Oc1ccc(-c2ccccc2)cc1)=C(/C)n1cccc1. The van der Waals surface area contributed by atoms with Crippen LogP contribution in [-0.4, -0.2) is 4.57 Å². The van der Waals surface area contributed by atoms with Gasteiger partial charge in [-0.1, -0.05) is 42.5 Å².